The Hall–Kier alpha value is -3.23. The van der Waals surface area contributed by atoms with Gasteiger partial charge in [-0.3, -0.25) is 14.2 Å². The Morgan fingerprint density at radius 1 is 1.28 bits per heavy atom. The van der Waals surface area contributed by atoms with Gasteiger partial charge in [-0.15, -0.1) is 0 Å². The lowest BCUT2D eigenvalue weighted by molar-refractivity contribution is -0.134. The maximum absolute atomic E-state index is 14.3. The normalized spacial score (nSPS) is 14.9. The average Bonchev–Trinajstić information content (AvgIpc) is 3.44. The Labute approximate surface area is 165 Å². The van der Waals surface area contributed by atoms with Crippen LogP contribution in [-0.4, -0.2) is 35.5 Å². The van der Waals surface area contributed by atoms with Gasteiger partial charge in [-0.1, -0.05) is 18.2 Å². The molecule has 1 saturated carbocycles. The molecule has 0 aliphatic heterocycles. The molecule has 0 saturated heterocycles. The van der Waals surface area contributed by atoms with Crippen molar-refractivity contribution in [2.45, 2.75) is 38.4 Å². The Balaban J connectivity index is 1.73. The molecule has 0 bridgehead atoms. The third-order valence-corrected chi connectivity index (χ3v) is 5.50. The number of carbonyl (C=O) groups is 1. The first-order valence-corrected chi connectivity index (χ1v) is 9.47. The van der Waals surface area contributed by atoms with Crippen LogP contribution in [0.1, 0.15) is 31.4 Å². The Morgan fingerprint density at radius 3 is 2.62 bits per heavy atom. The highest BCUT2D eigenvalue weighted by Crippen LogP contribution is 2.35. The minimum Gasteiger partial charge on any atom is -0.331 e. The number of aromatic nitrogens is 4. The summed E-state index contributed by atoms with van der Waals surface area (Å²) in [6, 6.07) is 5.81. The van der Waals surface area contributed by atoms with E-state index in [2.05, 4.69) is 4.98 Å². The zero-order valence-electron chi connectivity index (χ0n) is 16.5. The summed E-state index contributed by atoms with van der Waals surface area (Å²) in [7, 11) is 3.17. The maximum atomic E-state index is 14.3. The summed E-state index contributed by atoms with van der Waals surface area (Å²) in [5.74, 6) is -0.771. The van der Waals surface area contributed by atoms with Crippen molar-refractivity contribution in [3.63, 3.8) is 0 Å². The quantitative estimate of drug-likeness (QED) is 0.648. The number of hydrogen-bond donors (Lipinski definition) is 0. The second kappa shape index (κ2) is 6.98. The standard InChI is InChI=1S/C20H22FN5O3/c1-12(14-6-4-5-7-15(14)21)26(13-8-9-13)16(27)10-25-19(28)17-18(22-11-23(17)2)24(3)20(25)29/h4-7,11-13H,8-10H2,1-3H3. The van der Waals surface area contributed by atoms with E-state index in [-0.39, 0.29) is 28.9 Å². The molecule has 0 radical (unpaired) electrons. The van der Waals surface area contributed by atoms with Crippen molar-refractivity contribution in [3.8, 4) is 0 Å². The van der Waals surface area contributed by atoms with E-state index >= 15 is 0 Å². The van der Waals surface area contributed by atoms with Gasteiger partial charge in [-0.05, 0) is 25.8 Å². The Kier molecular flexibility index (Phi) is 4.60. The summed E-state index contributed by atoms with van der Waals surface area (Å²) in [6.45, 7) is 1.36. The fraction of sp³-hybridized carbons (Fsp3) is 0.400. The smallest absolute Gasteiger partial charge is 0.331 e. The van der Waals surface area contributed by atoms with E-state index in [1.54, 1.807) is 37.1 Å². The van der Waals surface area contributed by atoms with E-state index in [9.17, 15) is 18.8 Å². The van der Waals surface area contributed by atoms with E-state index in [4.69, 9.17) is 0 Å². The second-order valence-electron chi connectivity index (χ2n) is 7.49. The number of carbonyl (C=O) groups excluding carboxylic acids is 1. The van der Waals surface area contributed by atoms with Gasteiger partial charge in [-0.2, -0.15) is 0 Å². The first-order chi connectivity index (χ1) is 13.8. The number of amides is 1. The van der Waals surface area contributed by atoms with E-state index in [1.165, 1.54) is 28.6 Å². The van der Waals surface area contributed by atoms with Crippen LogP contribution in [0, 0.1) is 5.82 Å². The van der Waals surface area contributed by atoms with Crippen molar-refractivity contribution >= 4 is 17.1 Å². The predicted octanol–water partition coefficient (Wildman–Crippen LogP) is 1.32. The molecule has 2 aromatic heterocycles. The van der Waals surface area contributed by atoms with E-state index in [0.29, 0.717) is 5.56 Å². The minimum atomic E-state index is -0.608. The van der Waals surface area contributed by atoms with Crippen LogP contribution < -0.4 is 11.2 Å². The van der Waals surface area contributed by atoms with Crippen LogP contribution in [0.3, 0.4) is 0 Å². The number of imidazole rings is 1. The van der Waals surface area contributed by atoms with Gasteiger partial charge in [0.1, 0.15) is 12.4 Å². The van der Waals surface area contributed by atoms with E-state index < -0.39 is 23.8 Å². The molecule has 1 fully saturated rings. The molecular weight excluding hydrogens is 377 g/mol. The largest absolute Gasteiger partial charge is 0.332 e. The van der Waals surface area contributed by atoms with Crippen molar-refractivity contribution in [2.24, 2.45) is 14.1 Å². The van der Waals surface area contributed by atoms with Crippen LogP contribution in [0.15, 0.2) is 40.2 Å². The van der Waals surface area contributed by atoms with Crippen molar-refractivity contribution in [1.82, 2.24) is 23.6 Å². The molecule has 1 aromatic carbocycles. The van der Waals surface area contributed by atoms with Crippen molar-refractivity contribution in [1.29, 1.82) is 0 Å². The SMILES string of the molecule is CC(c1ccccc1F)N(C(=O)Cn1c(=O)c2c(ncn2C)n(C)c1=O)C1CC1. The molecule has 0 spiro atoms. The molecule has 1 aliphatic carbocycles. The number of benzene rings is 1. The zero-order valence-corrected chi connectivity index (χ0v) is 16.5. The Morgan fingerprint density at radius 2 is 1.97 bits per heavy atom. The van der Waals surface area contributed by atoms with Gasteiger partial charge in [-0.25, -0.2) is 18.7 Å². The summed E-state index contributed by atoms with van der Waals surface area (Å²) < 4.78 is 18.0. The molecule has 8 nitrogen and oxygen atoms in total. The first kappa shape index (κ1) is 19.1. The summed E-state index contributed by atoms with van der Waals surface area (Å²) in [4.78, 5) is 44.4. The summed E-state index contributed by atoms with van der Waals surface area (Å²) in [5, 5.41) is 0. The van der Waals surface area contributed by atoms with Gasteiger partial charge in [0.25, 0.3) is 5.56 Å². The van der Waals surface area contributed by atoms with Crippen molar-refractivity contribution < 1.29 is 9.18 Å². The Bertz CT molecular complexity index is 1220. The number of hydrogen-bond acceptors (Lipinski definition) is 4. The maximum Gasteiger partial charge on any atom is 0.332 e. The zero-order chi connectivity index (χ0) is 20.9. The molecule has 9 heteroatoms. The van der Waals surface area contributed by atoms with Crippen LogP contribution in [0.4, 0.5) is 4.39 Å². The highest BCUT2D eigenvalue weighted by Gasteiger charge is 2.37. The van der Waals surface area contributed by atoms with Gasteiger partial charge in [0, 0.05) is 25.7 Å². The molecule has 1 amide bonds. The van der Waals surface area contributed by atoms with Crippen molar-refractivity contribution in [2.75, 3.05) is 0 Å². The molecule has 3 aromatic rings. The number of rotatable bonds is 5. The molecule has 0 N–H and O–H groups in total. The molecule has 2 heterocycles. The number of aryl methyl sites for hydroxylation is 2. The average molecular weight is 399 g/mol. The topological polar surface area (TPSA) is 82.1 Å². The minimum absolute atomic E-state index is 0.0166. The molecule has 1 atom stereocenters. The van der Waals surface area contributed by atoms with Crippen LogP contribution >= 0.6 is 0 Å². The fourth-order valence-electron chi connectivity index (χ4n) is 3.80. The van der Waals surface area contributed by atoms with Crippen molar-refractivity contribution in [3.05, 3.63) is 62.8 Å². The summed E-state index contributed by atoms with van der Waals surface area (Å²) in [6.07, 6.45) is 3.09. The van der Waals surface area contributed by atoms with Crippen LogP contribution in [0.5, 0.6) is 0 Å². The monoisotopic (exact) mass is 399 g/mol. The second-order valence-corrected chi connectivity index (χ2v) is 7.49. The third kappa shape index (κ3) is 3.16. The molecular formula is C20H22FN5O3. The van der Waals surface area contributed by atoms with Gasteiger partial charge in [0.05, 0.1) is 12.4 Å². The highest BCUT2D eigenvalue weighted by molar-refractivity contribution is 5.78. The predicted molar refractivity (Wildman–Crippen MR) is 105 cm³/mol. The molecule has 1 aliphatic rings. The van der Waals surface area contributed by atoms with Gasteiger partial charge >= 0.3 is 5.69 Å². The molecule has 1 unspecified atom stereocenters. The number of halogens is 1. The lowest BCUT2D eigenvalue weighted by Gasteiger charge is -2.30. The van der Waals surface area contributed by atoms with Gasteiger partial charge in [0.15, 0.2) is 11.2 Å². The number of fused-ring (bicyclic) bond motifs is 1. The summed E-state index contributed by atoms with van der Waals surface area (Å²) >= 11 is 0. The lowest BCUT2D eigenvalue weighted by Crippen LogP contribution is -2.46. The molecule has 4 rings (SSSR count). The first-order valence-electron chi connectivity index (χ1n) is 9.47. The van der Waals surface area contributed by atoms with E-state index in [0.717, 1.165) is 17.4 Å². The van der Waals surface area contributed by atoms with E-state index in [1.807, 2.05) is 0 Å². The van der Waals surface area contributed by atoms with Gasteiger partial charge in [0.2, 0.25) is 5.91 Å². The van der Waals surface area contributed by atoms with Crippen LogP contribution in [0.2, 0.25) is 0 Å². The number of nitrogens with zero attached hydrogens (tertiary/aromatic N) is 5. The highest BCUT2D eigenvalue weighted by atomic mass is 19.1. The lowest BCUT2D eigenvalue weighted by atomic mass is 10.1. The molecule has 152 valence electrons. The summed E-state index contributed by atoms with van der Waals surface area (Å²) in [5.41, 5.74) is -0.241. The van der Waals surface area contributed by atoms with Gasteiger partial charge < -0.3 is 9.47 Å². The van der Waals surface area contributed by atoms with Crippen LogP contribution in [-0.2, 0) is 25.4 Å². The fourth-order valence-corrected chi connectivity index (χ4v) is 3.80. The van der Waals surface area contributed by atoms with Crippen LogP contribution in [0.25, 0.3) is 11.2 Å². The molecule has 29 heavy (non-hydrogen) atoms. The third-order valence-electron chi connectivity index (χ3n) is 5.50.